The Morgan fingerprint density at radius 2 is 2.14 bits per heavy atom. The van der Waals surface area contributed by atoms with E-state index in [4.69, 9.17) is 9.84 Å². The predicted octanol–water partition coefficient (Wildman–Crippen LogP) is -1.65. The summed E-state index contributed by atoms with van der Waals surface area (Å²) in [5, 5.41) is 10.9. The summed E-state index contributed by atoms with van der Waals surface area (Å²) in [6, 6.07) is 0. The third kappa shape index (κ3) is 8.91. The summed E-state index contributed by atoms with van der Waals surface area (Å²) >= 11 is 0. The zero-order valence-electron chi connectivity index (χ0n) is 7.91. The van der Waals surface area contributed by atoms with Crippen molar-refractivity contribution in [2.45, 2.75) is 0 Å². The molecule has 0 unspecified atom stereocenters. The fourth-order valence-electron chi connectivity index (χ4n) is 0.591. The van der Waals surface area contributed by atoms with E-state index >= 15 is 0 Å². The van der Waals surface area contributed by atoms with Crippen molar-refractivity contribution in [3.63, 3.8) is 0 Å². The van der Waals surface area contributed by atoms with Gasteiger partial charge in [0.25, 0.3) is 5.91 Å². The van der Waals surface area contributed by atoms with E-state index < -0.39 is 18.5 Å². The van der Waals surface area contributed by atoms with Gasteiger partial charge in [0, 0.05) is 13.7 Å². The molecule has 0 aromatic rings. The summed E-state index contributed by atoms with van der Waals surface area (Å²) in [6.07, 6.45) is 0. The number of hydroxylamine groups is 1. The number of nitrogens with one attached hydrogen (secondary N) is 2. The molecule has 0 heterocycles. The van der Waals surface area contributed by atoms with Crippen LogP contribution in [-0.2, 0) is 19.2 Å². The minimum atomic E-state index is -1.14. The van der Waals surface area contributed by atoms with Crippen LogP contribution in [0.3, 0.4) is 0 Å². The van der Waals surface area contributed by atoms with Crippen molar-refractivity contribution in [2.24, 2.45) is 0 Å². The van der Waals surface area contributed by atoms with Gasteiger partial charge in [-0.3, -0.25) is 9.63 Å². The second-order valence-electron chi connectivity index (χ2n) is 2.38. The molecule has 7 heteroatoms. The van der Waals surface area contributed by atoms with Crippen LogP contribution in [-0.4, -0.2) is 50.4 Å². The van der Waals surface area contributed by atoms with Crippen LogP contribution >= 0.6 is 0 Å². The highest BCUT2D eigenvalue weighted by Crippen LogP contribution is 1.70. The fraction of sp³-hybridized carbons (Fsp3) is 0.714. The smallest absolute Gasteiger partial charge is 0.332 e. The van der Waals surface area contributed by atoms with E-state index in [2.05, 4.69) is 10.2 Å². The van der Waals surface area contributed by atoms with Crippen LogP contribution in [0, 0.1) is 0 Å². The van der Waals surface area contributed by atoms with Gasteiger partial charge in [0.15, 0.2) is 6.61 Å². The van der Waals surface area contributed by atoms with E-state index in [1.807, 2.05) is 5.48 Å². The minimum absolute atomic E-state index is 0.0585. The molecule has 1 amide bonds. The molecule has 0 aliphatic heterocycles. The fourth-order valence-corrected chi connectivity index (χ4v) is 0.591. The number of carbonyl (C=O) groups excluding carboxylic acids is 1. The Morgan fingerprint density at radius 1 is 1.43 bits per heavy atom. The van der Waals surface area contributed by atoms with Crippen LogP contribution in [0.15, 0.2) is 0 Å². The van der Waals surface area contributed by atoms with E-state index in [-0.39, 0.29) is 6.54 Å². The van der Waals surface area contributed by atoms with Gasteiger partial charge in [-0.25, -0.2) is 10.3 Å². The largest absolute Gasteiger partial charge is 0.479 e. The molecule has 7 nitrogen and oxygen atoms in total. The van der Waals surface area contributed by atoms with Crippen molar-refractivity contribution in [3.8, 4) is 0 Å². The van der Waals surface area contributed by atoms with Gasteiger partial charge < -0.3 is 15.2 Å². The van der Waals surface area contributed by atoms with Crippen LogP contribution in [0.25, 0.3) is 0 Å². The van der Waals surface area contributed by atoms with E-state index in [1.54, 1.807) is 7.11 Å². The third-order valence-electron chi connectivity index (χ3n) is 1.15. The number of aliphatic carboxylic acids is 1. The van der Waals surface area contributed by atoms with E-state index in [0.29, 0.717) is 13.2 Å². The normalized spacial score (nSPS) is 9.79. The Morgan fingerprint density at radius 3 is 2.71 bits per heavy atom. The molecule has 0 fully saturated rings. The Kier molecular flexibility index (Phi) is 7.71. The first kappa shape index (κ1) is 12.8. The Hall–Kier alpha value is -1.18. The SMILES string of the molecule is COCCNCC(=O)NOCC(=O)O. The molecule has 0 spiro atoms. The Labute approximate surface area is 81.3 Å². The standard InChI is InChI=1S/C7H14N2O5/c1-13-3-2-8-4-6(10)9-14-5-7(11)12/h8H,2-5H2,1H3,(H,9,10)(H,11,12). The first-order valence-electron chi connectivity index (χ1n) is 3.99. The van der Waals surface area contributed by atoms with Crippen molar-refractivity contribution < 1.29 is 24.3 Å². The first-order valence-corrected chi connectivity index (χ1v) is 3.99. The maximum Gasteiger partial charge on any atom is 0.332 e. The molecule has 0 rings (SSSR count). The number of carboxylic acids is 1. The third-order valence-corrected chi connectivity index (χ3v) is 1.15. The van der Waals surface area contributed by atoms with Crippen molar-refractivity contribution >= 4 is 11.9 Å². The van der Waals surface area contributed by atoms with Gasteiger partial charge in [0.05, 0.1) is 13.2 Å². The molecule has 14 heavy (non-hydrogen) atoms. The van der Waals surface area contributed by atoms with Gasteiger partial charge in [0.1, 0.15) is 0 Å². The molecule has 0 aliphatic rings. The molecular formula is C7H14N2O5. The highest BCUT2D eigenvalue weighted by atomic mass is 16.7. The highest BCUT2D eigenvalue weighted by molar-refractivity contribution is 5.77. The van der Waals surface area contributed by atoms with Gasteiger partial charge >= 0.3 is 5.97 Å². The van der Waals surface area contributed by atoms with Crippen LogP contribution in [0.2, 0.25) is 0 Å². The van der Waals surface area contributed by atoms with Crippen molar-refractivity contribution in [1.82, 2.24) is 10.8 Å². The predicted molar refractivity (Wildman–Crippen MR) is 46.5 cm³/mol. The number of carbonyl (C=O) groups is 2. The number of carboxylic acid groups (broad SMARTS) is 1. The monoisotopic (exact) mass is 206 g/mol. The number of hydrogen-bond donors (Lipinski definition) is 3. The lowest BCUT2D eigenvalue weighted by Gasteiger charge is -2.04. The van der Waals surface area contributed by atoms with Gasteiger partial charge in [-0.05, 0) is 0 Å². The average Bonchev–Trinajstić information content (AvgIpc) is 2.12. The number of methoxy groups -OCH3 is 1. The van der Waals surface area contributed by atoms with Crippen LogP contribution in [0.5, 0.6) is 0 Å². The molecule has 0 saturated carbocycles. The summed E-state index contributed by atoms with van der Waals surface area (Å²) < 4.78 is 4.73. The molecule has 0 aliphatic carbocycles. The molecular weight excluding hydrogens is 192 g/mol. The summed E-state index contributed by atoms with van der Waals surface area (Å²) in [7, 11) is 1.55. The zero-order chi connectivity index (χ0) is 10.8. The molecule has 0 aromatic carbocycles. The number of rotatable bonds is 8. The van der Waals surface area contributed by atoms with Crippen LogP contribution < -0.4 is 10.8 Å². The van der Waals surface area contributed by atoms with Gasteiger partial charge in [-0.1, -0.05) is 0 Å². The molecule has 3 N–H and O–H groups in total. The van der Waals surface area contributed by atoms with Crippen molar-refractivity contribution in [1.29, 1.82) is 0 Å². The molecule has 0 saturated heterocycles. The quantitative estimate of drug-likeness (QED) is 0.325. The zero-order valence-corrected chi connectivity index (χ0v) is 7.91. The van der Waals surface area contributed by atoms with Crippen LogP contribution in [0.1, 0.15) is 0 Å². The summed E-state index contributed by atoms with van der Waals surface area (Å²) in [6.45, 7) is 0.554. The maximum atomic E-state index is 10.9. The van der Waals surface area contributed by atoms with Gasteiger partial charge in [-0.2, -0.15) is 0 Å². The second-order valence-corrected chi connectivity index (χ2v) is 2.38. The Balaban J connectivity index is 3.24. The van der Waals surface area contributed by atoms with E-state index in [9.17, 15) is 9.59 Å². The molecule has 0 aromatic heterocycles. The Bertz CT molecular complexity index is 185. The molecule has 0 bridgehead atoms. The number of ether oxygens (including phenoxy) is 1. The highest BCUT2D eigenvalue weighted by Gasteiger charge is 2.01. The lowest BCUT2D eigenvalue weighted by atomic mass is 10.6. The van der Waals surface area contributed by atoms with Gasteiger partial charge in [-0.15, -0.1) is 0 Å². The topological polar surface area (TPSA) is 96.9 Å². The van der Waals surface area contributed by atoms with Gasteiger partial charge in [0.2, 0.25) is 0 Å². The molecule has 82 valence electrons. The molecule has 0 radical (unpaired) electrons. The van der Waals surface area contributed by atoms with Crippen molar-refractivity contribution in [2.75, 3.05) is 33.4 Å². The maximum absolute atomic E-state index is 10.9. The number of hydrogen-bond acceptors (Lipinski definition) is 5. The second kappa shape index (κ2) is 8.42. The average molecular weight is 206 g/mol. The lowest BCUT2D eigenvalue weighted by Crippen LogP contribution is -2.36. The summed E-state index contributed by atoms with van der Waals surface area (Å²) in [4.78, 5) is 25.2. The first-order chi connectivity index (χ1) is 6.66. The lowest BCUT2D eigenvalue weighted by molar-refractivity contribution is -0.149. The van der Waals surface area contributed by atoms with Crippen molar-refractivity contribution in [3.05, 3.63) is 0 Å². The minimum Gasteiger partial charge on any atom is -0.479 e. The summed E-state index contributed by atoms with van der Waals surface area (Å²) in [5.74, 6) is -1.57. The van der Waals surface area contributed by atoms with E-state index in [0.717, 1.165) is 0 Å². The van der Waals surface area contributed by atoms with E-state index in [1.165, 1.54) is 0 Å². The molecule has 0 atom stereocenters. The number of amides is 1. The summed E-state index contributed by atoms with van der Waals surface area (Å²) in [5.41, 5.74) is 1.97. The van der Waals surface area contributed by atoms with Crippen LogP contribution in [0.4, 0.5) is 0 Å².